The number of carbonyl (C=O) groups is 1. The van der Waals surface area contributed by atoms with Gasteiger partial charge >= 0.3 is 5.69 Å². The van der Waals surface area contributed by atoms with Crippen molar-refractivity contribution in [2.24, 2.45) is 0 Å². The van der Waals surface area contributed by atoms with Crippen LogP contribution in [0.2, 0.25) is 5.02 Å². The van der Waals surface area contributed by atoms with Gasteiger partial charge in [-0.1, -0.05) is 11.6 Å². The highest BCUT2D eigenvalue weighted by molar-refractivity contribution is 6.30. The minimum absolute atomic E-state index is 0.125. The molecular weight excluding hydrogens is 430 g/mol. The number of anilines is 1. The summed E-state index contributed by atoms with van der Waals surface area (Å²) in [5, 5.41) is 29.1. The predicted molar refractivity (Wildman–Crippen MR) is 112 cm³/mol. The Morgan fingerprint density at radius 3 is 2.52 bits per heavy atom. The molecule has 160 valence electrons. The van der Waals surface area contributed by atoms with Crippen LogP contribution < -0.4 is 10.1 Å². The maximum atomic E-state index is 12.4. The van der Waals surface area contributed by atoms with Crippen molar-refractivity contribution in [3.63, 3.8) is 0 Å². The van der Waals surface area contributed by atoms with Crippen molar-refractivity contribution in [2.75, 3.05) is 5.32 Å². The van der Waals surface area contributed by atoms with Crippen LogP contribution >= 0.6 is 11.6 Å². The molecule has 1 amide bonds. The van der Waals surface area contributed by atoms with Crippen LogP contribution in [-0.4, -0.2) is 25.5 Å². The van der Waals surface area contributed by atoms with Crippen molar-refractivity contribution >= 4 is 34.6 Å². The quantitative estimate of drug-likeness (QED) is 0.419. The van der Waals surface area contributed by atoms with Gasteiger partial charge < -0.3 is 10.1 Å². The second kappa shape index (κ2) is 8.79. The fourth-order valence-electron chi connectivity index (χ4n) is 2.79. The number of ether oxygens (including phenoxy) is 1. The molecular formula is C19H16ClN5O6. The van der Waals surface area contributed by atoms with E-state index in [1.807, 2.05) is 0 Å². The van der Waals surface area contributed by atoms with Crippen molar-refractivity contribution in [2.45, 2.75) is 20.4 Å². The molecule has 1 aromatic heterocycles. The summed E-state index contributed by atoms with van der Waals surface area (Å²) < 4.78 is 6.90. The van der Waals surface area contributed by atoms with Crippen LogP contribution in [0, 0.1) is 34.1 Å². The molecule has 12 heteroatoms. The Hall–Kier alpha value is -3.99. The lowest BCUT2D eigenvalue weighted by Gasteiger charge is -2.11. The number of rotatable bonds is 7. The van der Waals surface area contributed by atoms with Crippen LogP contribution in [0.15, 0.2) is 42.6 Å². The van der Waals surface area contributed by atoms with E-state index in [0.717, 1.165) is 11.8 Å². The van der Waals surface area contributed by atoms with Crippen LogP contribution in [0.4, 0.5) is 17.1 Å². The van der Waals surface area contributed by atoms with Crippen LogP contribution in [-0.2, 0) is 11.3 Å². The molecule has 0 saturated carbocycles. The smallest absolute Gasteiger partial charge is 0.309 e. The zero-order chi connectivity index (χ0) is 22.7. The molecule has 0 aliphatic rings. The molecule has 0 saturated heterocycles. The molecule has 0 atom stereocenters. The Labute approximate surface area is 180 Å². The van der Waals surface area contributed by atoms with Gasteiger partial charge in [-0.25, -0.2) is 0 Å². The van der Waals surface area contributed by atoms with E-state index in [2.05, 4.69) is 10.4 Å². The standard InChI is InChI=1S/C19H16ClN5O6/c1-11-5-13(20)3-4-18(11)31-16-7-14(6-15(8-16)24(27)28)22-19(26)10-23-12(2)17(9-21-23)25(29)30/h3-9H,10H2,1-2H3,(H,22,26). The number of nitro benzene ring substituents is 1. The van der Waals surface area contributed by atoms with Gasteiger partial charge in [-0.15, -0.1) is 0 Å². The Morgan fingerprint density at radius 1 is 1.16 bits per heavy atom. The van der Waals surface area contributed by atoms with Gasteiger partial charge in [0.2, 0.25) is 5.91 Å². The van der Waals surface area contributed by atoms with E-state index in [1.165, 1.54) is 29.8 Å². The first-order valence-corrected chi connectivity index (χ1v) is 9.22. The van der Waals surface area contributed by atoms with Crippen molar-refractivity contribution in [1.82, 2.24) is 9.78 Å². The van der Waals surface area contributed by atoms with Crippen molar-refractivity contribution < 1.29 is 19.4 Å². The Kier molecular flexibility index (Phi) is 6.16. The average Bonchev–Trinajstić information content (AvgIpc) is 3.04. The number of benzene rings is 2. The van der Waals surface area contributed by atoms with Gasteiger partial charge in [0.1, 0.15) is 29.9 Å². The summed E-state index contributed by atoms with van der Waals surface area (Å²) in [5.74, 6) is 0.0118. The monoisotopic (exact) mass is 445 g/mol. The number of carbonyl (C=O) groups excluding carboxylic acids is 1. The summed E-state index contributed by atoms with van der Waals surface area (Å²) in [7, 11) is 0. The largest absolute Gasteiger partial charge is 0.457 e. The van der Waals surface area contributed by atoms with E-state index in [1.54, 1.807) is 25.1 Å². The molecule has 0 unspecified atom stereocenters. The number of aryl methyl sites for hydroxylation is 1. The molecule has 1 N–H and O–H groups in total. The van der Waals surface area contributed by atoms with E-state index in [0.29, 0.717) is 10.8 Å². The first-order chi connectivity index (χ1) is 14.6. The zero-order valence-electron chi connectivity index (χ0n) is 16.4. The molecule has 0 aliphatic heterocycles. The van der Waals surface area contributed by atoms with Crippen molar-refractivity contribution in [1.29, 1.82) is 0 Å². The minimum Gasteiger partial charge on any atom is -0.457 e. The van der Waals surface area contributed by atoms with Crippen LogP contribution in [0.3, 0.4) is 0 Å². The summed E-state index contributed by atoms with van der Waals surface area (Å²) >= 11 is 5.93. The molecule has 2 aromatic carbocycles. The summed E-state index contributed by atoms with van der Waals surface area (Å²) in [6, 6.07) is 8.76. The number of nitrogens with zero attached hydrogens (tertiary/aromatic N) is 4. The fourth-order valence-corrected chi connectivity index (χ4v) is 3.01. The second-order valence-electron chi connectivity index (χ2n) is 6.56. The first kappa shape index (κ1) is 21.7. The third-order valence-electron chi connectivity index (χ3n) is 4.32. The van der Waals surface area contributed by atoms with Gasteiger partial charge in [0.15, 0.2) is 0 Å². The van der Waals surface area contributed by atoms with Gasteiger partial charge in [-0.2, -0.15) is 5.10 Å². The number of aromatic nitrogens is 2. The third-order valence-corrected chi connectivity index (χ3v) is 4.55. The normalized spacial score (nSPS) is 10.5. The van der Waals surface area contributed by atoms with Crippen LogP contribution in [0.5, 0.6) is 11.5 Å². The average molecular weight is 446 g/mol. The number of hydrogen-bond donors (Lipinski definition) is 1. The van der Waals surface area contributed by atoms with E-state index < -0.39 is 15.8 Å². The van der Waals surface area contributed by atoms with Crippen LogP contribution in [0.1, 0.15) is 11.3 Å². The molecule has 1 heterocycles. The minimum atomic E-state index is -0.613. The van der Waals surface area contributed by atoms with E-state index in [-0.39, 0.29) is 35.1 Å². The Morgan fingerprint density at radius 2 is 1.90 bits per heavy atom. The van der Waals surface area contributed by atoms with Gasteiger partial charge in [-0.3, -0.25) is 29.7 Å². The van der Waals surface area contributed by atoms with E-state index in [4.69, 9.17) is 16.3 Å². The number of nitro groups is 2. The van der Waals surface area contributed by atoms with Crippen molar-refractivity contribution in [3.05, 3.63) is 79.1 Å². The summed E-state index contributed by atoms with van der Waals surface area (Å²) in [6.45, 7) is 2.92. The molecule has 3 aromatic rings. The third kappa shape index (κ3) is 5.14. The van der Waals surface area contributed by atoms with Gasteiger partial charge in [0.25, 0.3) is 5.69 Å². The highest BCUT2D eigenvalue weighted by Crippen LogP contribution is 2.32. The molecule has 0 spiro atoms. The van der Waals surface area contributed by atoms with E-state index >= 15 is 0 Å². The molecule has 31 heavy (non-hydrogen) atoms. The van der Waals surface area contributed by atoms with E-state index in [9.17, 15) is 25.0 Å². The summed E-state index contributed by atoms with van der Waals surface area (Å²) in [5.41, 5.74) is 0.560. The number of hydrogen-bond acceptors (Lipinski definition) is 7. The highest BCUT2D eigenvalue weighted by atomic mass is 35.5. The molecule has 0 radical (unpaired) electrons. The lowest BCUT2D eigenvalue weighted by molar-refractivity contribution is -0.385. The maximum absolute atomic E-state index is 12.4. The van der Waals surface area contributed by atoms with Crippen molar-refractivity contribution in [3.8, 4) is 11.5 Å². The van der Waals surface area contributed by atoms with Gasteiger partial charge in [0, 0.05) is 17.2 Å². The first-order valence-electron chi connectivity index (χ1n) is 8.84. The zero-order valence-corrected chi connectivity index (χ0v) is 17.1. The Balaban J connectivity index is 1.82. The SMILES string of the molecule is Cc1cc(Cl)ccc1Oc1cc(NC(=O)Cn2ncc([N+](=O)[O-])c2C)cc([N+](=O)[O-])c1. The Bertz CT molecular complexity index is 1190. The molecule has 3 rings (SSSR count). The number of amides is 1. The topological polar surface area (TPSA) is 142 Å². The number of nitrogens with one attached hydrogen (secondary N) is 1. The second-order valence-corrected chi connectivity index (χ2v) is 7.00. The summed E-state index contributed by atoms with van der Waals surface area (Å²) in [6.07, 6.45) is 1.05. The number of non-ortho nitro benzene ring substituents is 1. The summed E-state index contributed by atoms with van der Waals surface area (Å²) in [4.78, 5) is 33.4. The highest BCUT2D eigenvalue weighted by Gasteiger charge is 2.19. The lowest BCUT2D eigenvalue weighted by atomic mass is 10.2. The maximum Gasteiger partial charge on any atom is 0.309 e. The van der Waals surface area contributed by atoms with Gasteiger partial charge in [-0.05, 0) is 37.6 Å². The van der Waals surface area contributed by atoms with Crippen LogP contribution in [0.25, 0.3) is 0 Å². The lowest BCUT2D eigenvalue weighted by Crippen LogP contribution is -2.20. The molecule has 0 fully saturated rings. The number of halogens is 1. The fraction of sp³-hybridized carbons (Fsp3) is 0.158. The van der Waals surface area contributed by atoms with Gasteiger partial charge in [0.05, 0.1) is 21.6 Å². The molecule has 0 aliphatic carbocycles. The predicted octanol–water partition coefficient (Wildman–Crippen LogP) is 4.40. The molecule has 11 nitrogen and oxygen atoms in total. The molecule has 0 bridgehead atoms.